The minimum absolute atomic E-state index is 1.27. The summed E-state index contributed by atoms with van der Waals surface area (Å²) in [6, 6.07) is 37.1. The first-order valence-electron chi connectivity index (χ1n) is 9.39. The standard InChI is InChI=1S/C27H20/c1-19-16-17-24-25(18-19)27(21-12-6-3-7-13-21)23-15-9-8-14-22(23)26(24)20-10-4-2-5-11-20/h2-18H,1H3. The van der Waals surface area contributed by atoms with Crippen LogP contribution in [-0.2, 0) is 0 Å². The maximum atomic E-state index is 2.33. The number of aryl methyl sites for hydroxylation is 1. The van der Waals surface area contributed by atoms with Crippen molar-refractivity contribution < 1.29 is 0 Å². The highest BCUT2D eigenvalue weighted by Crippen LogP contribution is 2.43. The van der Waals surface area contributed by atoms with Gasteiger partial charge < -0.3 is 0 Å². The zero-order chi connectivity index (χ0) is 18.2. The highest BCUT2D eigenvalue weighted by molar-refractivity contribution is 6.21. The summed E-state index contributed by atoms with van der Waals surface area (Å²) >= 11 is 0. The summed E-state index contributed by atoms with van der Waals surface area (Å²) in [5.41, 5.74) is 6.46. The fourth-order valence-corrected chi connectivity index (χ4v) is 4.12. The molecule has 27 heavy (non-hydrogen) atoms. The van der Waals surface area contributed by atoms with E-state index in [1.54, 1.807) is 0 Å². The number of hydrogen-bond donors (Lipinski definition) is 0. The Bertz CT molecular complexity index is 1250. The molecule has 0 aliphatic rings. The number of hydrogen-bond acceptors (Lipinski definition) is 0. The second kappa shape index (κ2) is 6.41. The quantitative estimate of drug-likeness (QED) is 0.289. The molecule has 0 atom stereocenters. The minimum Gasteiger partial charge on any atom is -0.0622 e. The number of rotatable bonds is 2. The predicted molar refractivity (Wildman–Crippen MR) is 117 cm³/mol. The second-order valence-corrected chi connectivity index (χ2v) is 7.08. The lowest BCUT2D eigenvalue weighted by Crippen LogP contribution is -1.91. The van der Waals surface area contributed by atoms with Gasteiger partial charge in [-0.3, -0.25) is 0 Å². The summed E-state index contributed by atoms with van der Waals surface area (Å²) in [6.07, 6.45) is 0. The highest BCUT2D eigenvalue weighted by Gasteiger charge is 2.16. The Morgan fingerprint density at radius 1 is 0.407 bits per heavy atom. The zero-order valence-corrected chi connectivity index (χ0v) is 15.3. The van der Waals surface area contributed by atoms with Gasteiger partial charge in [0.05, 0.1) is 0 Å². The van der Waals surface area contributed by atoms with Crippen LogP contribution < -0.4 is 0 Å². The molecular weight excluding hydrogens is 324 g/mol. The highest BCUT2D eigenvalue weighted by atomic mass is 14.2. The van der Waals surface area contributed by atoms with E-state index in [2.05, 4.69) is 110 Å². The van der Waals surface area contributed by atoms with Gasteiger partial charge in [-0.1, -0.05) is 109 Å². The molecule has 5 aromatic carbocycles. The van der Waals surface area contributed by atoms with E-state index < -0.39 is 0 Å². The maximum absolute atomic E-state index is 2.33. The van der Waals surface area contributed by atoms with Gasteiger partial charge in [-0.15, -0.1) is 0 Å². The van der Waals surface area contributed by atoms with Crippen LogP contribution in [0.25, 0.3) is 43.8 Å². The van der Waals surface area contributed by atoms with Crippen molar-refractivity contribution in [3.05, 3.63) is 109 Å². The van der Waals surface area contributed by atoms with E-state index in [1.807, 2.05) is 0 Å². The topological polar surface area (TPSA) is 0 Å². The van der Waals surface area contributed by atoms with Crippen LogP contribution in [-0.4, -0.2) is 0 Å². The van der Waals surface area contributed by atoms with Gasteiger partial charge in [0.25, 0.3) is 0 Å². The van der Waals surface area contributed by atoms with Crippen molar-refractivity contribution in [2.45, 2.75) is 6.92 Å². The van der Waals surface area contributed by atoms with Crippen LogP contribution in [0.1, 0.15) is 5.56 Å². The van der Waals surface area contributed by atoms with E-state index in [9.17, 15) is 0 Å². The third-order valence-corrected chi connectivity index (χ3v) is 5.30. The Morgan fingerprint density at radius 3 is 1.41 bits per heavy atom. The van der Waals surface area contributed by atoms with E-state index in [0.717, 1.165) is 0 Å². The summed E-state index contributed by atoms with van der Waals surface area (Å²) in [7, 11) is 0. The molecule has 0 fully saturated rings. The van der Waals surface area contributed by atoms with Crippen molar-refractivity contribution in [2.24, 2.45) is 0 Å². The molecule has 0 aliphatic heterocycles. The first-order valence-corrected chi connectivity index (χ1v) is 9.39. The van der Waals surface area contributed by atoms with E-state index in [1.165, 1.54) is 49.4 Å². The summed E-state index contributed by atoms with van der Waals surface area (Å²) in [4.78, 5) is 0. The summed E-state index contributed by atoms with van der Waals surface area (Å²) in [5.74, 6) is 0. The fraction of sp³-hybridized carbons (Fsp3) is 0.0370. The lowest BCUT2D eigenvalue weighted by Gasteiger charge is -2.18. The Morgan fingerprint density at radius 2 is 0.852 bits per heavy atom. The summed E-state index contributed by atoms with van der Waals surface area (Å²) in [5, 5.41) is 5.24. The molecule has 0 radical (unpaired) electrons. The first kappa shape index (κ1) is 15.8. The molecule has 128 valence electrons. The Kier molecular flexibility index (Phi) is 3.76. The van der Waals surface area contributed by atoms with Crippen molar-refractivity contribution in [1.29, 1.82) is 0 Å². The van der Waals surface area contributed by atoms with Crippen molar-refractivity contribution >= 4 is 21.5 Å². The summed E-state index contributed by atoms with van der Waals surface area (Å²) in [6.45, 7) is 2.17. The third-order valence-electron chi connectivity index (χ3n) is 5.30. The molecule has 5 aromatic rings. The van der Waals surface area contributed by atoms with Gasteiger partial charge in [-0.05, 0) is 50.7 Å². The normalized spacial score (nSPS) is 11.1. The maximum Gasteiger partial charge on any atom is -0.00263 e. The Balaban J connectivity index is 2.04. The van der Waals surface area contributed by atoms with Crippen LogP contribution >= 0.6 is 0 Å². The van der Waals surface area contributed by atoms with Gasteiger partial charge in [-0.2, -0.15) is 0 Å². The smallest absolute Gasteiger partial charge is 0.00263 e. The molecule has 0 saturated heterocycles. The number of benzene rings is 5. The predicted octanol–water partition coefficient (Wildman–Crippen LogP) is 7.64. The molecule has 0 unspecified atom stereocenters. The van der Waals surface area contributed by atoms with Gasteiger partial charge in [0.15, 0.2) is 0 Å². The molecule has 0 heteroatoms. The van der Waals surface area contributed by atoms with Gasteiger partial charge >= 0.3 is 0 Å². The Hall–Kier alpha value is -3.38. The average molecular weight is 344 g/mol. The largest absolute Gasteiger partial charge is 0.0622 e. The van der Waals surface area contributed by atoms with Crippen molar-refractivity contribution in [3.8, 4) is 22.3 Å². The minimum atomic E-state index is 1.27. The average Bonchev–Trinajstić information content (AvgIpc) is 2.73. The van der Waals surface area contributed by atoms with Crippen LogP contribution in [0.3, 0.4) is 0 Å². The zero-order valence-electron chi connectivity index (χ0n) is 15.3. The lowest BCUT2D eigenvalue weighted by atomic mass is 9.85. The third kappa shape index (κ3) is 2.62. The molecule has 0 aromatic heterocycles. The fourth-order valence-electron chi connectivity index (χ4n) is 4.12. The van der Waals surface area contributed by atoms with Gasteiger partial charge in [0.2, 0.25) is 0 Å². The van der Waals surface area contributed by atoms with Crippen LogP contribution in [0, 0.1) is 6.92 Å². The van der Waals surface area contributed by atoms with Gasteiger partial charge in [0.1, 0.15) is 0 Å². The van der Waals surface area contributed by atoms with Crippen LogP contribution in [0.4, 0.5) is 0 Å². The van der Waals surface area contributed by atoms with Crippen LogP contribution in [0.15, 0.2) is 103 Å². The van der Waals surface area contributed by atoms with E-state index >= 15 is 0 Å². The van der Waals surface area contributed by atoms with Crippen LogP contribution in [0.5, 0.6) is 0 Å². The SMILES string of the molecule is Cc1ccc2c(-c3ccccc3)c3ccccc3c(-c3ccccc3)c2c1. The molecule has 0 nitrogen and oxygen atoms in total. The van der Waals surface area contributed by atoms with E-state index in [-0.39, 0.29) is 0 Å². The van der Waals surface area contributed by atoms with E-state index in [0.29, 0.717) is 0 Å². The van der Waals surface area contributed by atoms with Gasteiger partial charge in [-0.25, -0.2) is 0 Å². The molecule has 0 saturated carbocycles. The molecular formula is C27H20. The first-order chi connectivity index (χ1) is 13.3. The van der Waals surface area contributed by atoms with Crippen molar-refractivity contribution in [3.63, 3.8) is 0 Å². The molecule has 0 N–H and O–H groups in total. The number of fused-ring (bicyclic) bond motifs is 2. The molecule has 5 rings (SSSR count). The monoisotopic (exact) mass is 344 g/mol. The summed E-state index contributed by atoms with van der Waals surface area (Å²) < 4.78 is 0. The molecule has 0 spiro atoms. The molecule has 0 bridgehead atoms. The Labute approximate surface area is 159 Å². The molecule has 0 amide bonds. The second-order valence-electron chi connectivity index (χ2n) is 7.08. The van der Waals surface area contributed by atoms with Crippen molar-refractivity contribution in [1.82, 2.24) is 0 Å². The van der Waals surface area contributed by atoms with Crippen molar-refractivity contribution in [2.75, 3.05) is 0 Å². The van der Waals surface area contributed by atoms with Gasteiger partial charge in [0, 0.05) is 0 Å². The van der Waals surface area contributed by atoms with Crippen LogP contribution in [0.2, 0.25) is 0 Å². The van der Waals surface area contributed by atoms with E-state index in [4.69, 9.17) is 0 Å². The molecule has 0 aliphatic carbocycles. The molecule has 0 heterocycles. The lowest BCUT2D eigenvalue weighted by molar-refractivity contribution is 1.51.